The van der Waals surface area contributed by atoms with Crippen molar-refractivity contribution in [3.05, 3.63) is 83.6 Å². The average Bonchev–Trinajstić information content (AvgIpc) is 2.65. The quantitative estimate of drug-likeness (QED) is 0.797. The highest BCUT2D eigenvalue weighted by Crippen LogP contribution is 2.25. The minimum Gasteiger partial charge on any atom is -0.332 e. The molecule has 0 heterocycles. The van der Waals surface area contributed by atoms with Gasteiger partial charge in [0.05, 0.1) is 0 Å². The summed E-state index contributed by atoms with van der Waals surface area (Å²) in [7, 11) is 0. The summed E-state index contributed by atoms with van der Waals surface area (Å²) in [4.78, 5) is 10.7. The summed E-state index contributed by atoms with van der Waals surface area (Å²) in [5.41, 5.74) is 12.3. The van der Waals surface area contributed by atoms with Crippen LogP contribution in [0.3, 0.4) is 0 Å². The predicted molar refractivity (Wildman–Crippen MR) is 107 cm³/mol. The van der Waals surface area contributed by atoms with Crippen molar-refractivity contribution < 1.29 is 4.79 Å². The second-order valence-electron chi connectivity index (χ2n) is 6.98. The topological polar surface area (TPSA) is 55.1 Å². The number of allylic oxidation sites excluding steroid dienone is 3. The van der Waals surface area contributed by atoms with Crippen molar-refractivity contribution in [3.63, 3.8) is 0 Å². The van der Waals surface area contributed by atoms with Crippen molar-refractivity contribution in [3.8, 4) is 11.1 Å². The molecule has 2 atom stereocenters. The van der Waals surface area contributed by atoms with Gasteiger partial charge in [0.25, 0.3) is 0 Å². The maximum absolute atomic E-state index is 10.7. The Hall–Kier alpha value is -2.65. The molecule has 0 saturated heterocycles. The second-order valence-corrected chi connectivity index (χ2v) is 6.98. The highest BCUT2D eigenvalue weighted by Gasteiger charge is 2.19. The highest BCUT2D eigenvalue weighted by atomic mass is 16.1. The standard InChI is InChI=1S/C23H26N2O/c1-17-12-21(23(24)11-10-22(13-17)25-16-26)15-18-6-5-9-20(14-18)19-7-3-2-4-8-19/h2-9,12-14,16,21,23H,10-11,15,24H2,1H3,(H,25,26)/b17-12-,22-13-. The molecule has 0 aromatic heterocycles. The van der Waals surface area contributed by atoms with E-state index in [1.165, 1.54) is 16.7 Å². The minimum absolute atomic E-state index is 0.0717. The molecule has 0 saturated carbocycles. The summed E-state index contributed by atoms with van der Waals surface area (Å²) in [6.07, 6.45) is 7.60. The molecule has 0 bridgehead atoms. The van der Waals surface area contributed by atoms with Crippen LogP contribution in [0.5, 0.6) is 0 Å². The molecule has 0 radical (unpaired) electrons. The lowest BCUT2D eigenvalue weighted by Gasteiger charge is -2.24. The molecule has 3 nitrogen and oxygen atoms in total. The monoisotopic (exact) mass is 346 g/mol. The Kier molecular flexibility index (Phi) is 6.03. The Morgan fingerprint density at radius 2 is 1.88 bits per heavy atom. The fraction of sp³-hybridized carbons (Fsp3) is 0.261. The molecule has 26 heavy (non-hydrogen) atoms. The van der Waals surface area contributed by atoms with Gasteiger partial charge in [-0.25, -0.2) is 0 Å². The van der Waals surface area contributed by atoms with Gasteiger partial charge in [-0.1, -0.05) is 66.2 Å². The number of benzene rings is 2. The first-order chi connectivity index (χ1) is 12.7. The molecule has 0 aliphatic heterocycles. The predicted octanol–water partition coefficient (Wildman–Crippen LogP) is 4.21. The van der Waals surface area contributed by atoms with Gasteiger partial charge in [0, 0.05) is 11.7 Å². The molecule has 0 fully saturated rings. The fourth-order valence-electron chi connectivity index (χ4n) is 3.57. The molecule has 3 N–H and O–H groups in total. The summed E-state index contributed by atoms with van der Waals surface area (Å²) in [5.74, 6) is 0.287. The van der Waals surface area contributed by atoms with Crippen LogP contribution in [-0.4, -0.2) is 12.5 Å². The van der Waals surface area contributed by atoms with E-state index in [1.807, 2.05) is 12.1 Å². The SMILES string of the molecule is CC1=C/C(Cc2cccc(-c3ccccc3)c2)C(N)CC\C(NC=O)=C\1. The number of hydrogen-bond donors (Lipinski definition) is 2. The Bertz CT molecular complexity index is 808. The summed E-state index contributed by atoms with van der Waals surface area (Å²) in [5, 5.41) is 2.78. The van der Waals surface area contributed by atoms with Gasteiger partial charge in [-0.15, -0.1) is 0 Å². The van der Waals surface area contributed by atoms with Gasteiger partial charge in [-0.05, 0) is 54.9 Å². The second kappa shape index (κ2) is 8.63. The van der Waals surface area contributed by atoms with E-state index in [0.717, 1.165) is 36.9 Å². The Morgan fingerprint density at radius 3 is 2.65 bits per heavy atom. The third-order valence-corrected chi connectivity index (χ3v) is 4.93. The molecular weight excluding hydrogens is 320 g/mol. The summed E-state index contributed by atoms with van der Waals surface area (Å²) in [6.45, 7) is 2.07. The lowest BCUT2D eigenvalue weighted by atomic mass is 9.86. The summed E-state index contributed by atoms with van der Waals surface area (Å²) >= 11 is 0. The first-order valence-corrected chi connectivity index (χ1v) is 9.15. The zero-order valence-corrected chi connectivity index (χ0v) is 15.2. The van der Waals surface area contributed by atoms with Crippen LogP contribution in [0.4, 0.5) is 0 Å². The van der Waals surface area contributed by atoms with Gasteiger partial charge in [-0.3, -0.25) is 4.79 Å². The van der Waals surface area contributed by atoms with Crippen LogP contribution in [0.15, 0.2) is 78.0 Å². The number of hydrogen-bond acceptors (Lipinski definition) is 2. The summed E-state index contributed by atoms with van der Waals surface area (Å²) in [6, 6.07) is 19.2. The third-order valence-electron chi connectivity index (χ3n) is 4.93. The average molecular weight is 346 g/mol. The number of rotatable bonds is 5. The van der Waals surface area contributed by atoms with E-state index in [9.17, 15) is 4.79 Å². The van der Waals surface area contributed by atoms with Crippen LogP contribution in [-0.2, 0) is 11.2 Å². The first kappa shape index (κ1) is 18.2. The third kappa shape index (κ3) is 4.70. The molecule has 2 unspecified atom stereocenters. The number of carbonyl (C=O) groups is 1. The molecule has 134 valence electrons. The van der Waals surface area contributed by atoms with E-state index in [0.29, 0.717) is 0 Å². The molecule has 2 aromatic rings. The van der Waals surface area contributed by atoms with Gasteiger partial charge in [-0.2, -0.15) is 0 Å². The van der Waals surface area contributed by atoms with Crippen LogP contribution in [0.1, 0.15) is 25.3 Å². The smallest absolute Gasteiger partial charge is 0.211 e. The molecule has 1 aliphatic rings. The maximum atomic E-state index is 10.7. The highest BCUT2D eigenvalue weighted by molar-refractivity contribution is 5.64. The number of nitrogens with one attached hydrogen (secondary N) is 1. The molecule has 3 heteroatoms. The molecule has 2 aromatic carbocycles. The van der Waals surface area contributed by atoms with E-state index in [2.05, 4.69) is 66.8 Å². The van der Waals surface area contributed by atoms with Crippen LogP contribution in [0.2, 0.25) is 0 Å². The minimum atomic E-state index is 0.0717. The normalized spacial score (nSPS) is 24.4. The van der Waals surface area contributed by atoms with Gasteiger partial charge in [0.2, 0.25) is 6.41 Å². The zero-order chi connectivity index (χ0) is 18.4. The maximum Gasteiger partial charge on any atom is 0.211 e. The molecule has 3 rings (SSSR count). The molecule has 1 aliphatic carbocycles. The van der Waals surface area contributed by atoms with Gasteiger partial charge in [0.15, 0.2) is 0 Å². The van der Waals surface area contributed by atoms with Gasteiger partial charge < -0.3 is 11.1 Å². The number of amides is 1. The van der Waals surface area contributed by atoms with Crippen LogP contribution >= 0.6 is 0 Å². The van der Waals surface area contributed by atoms with Gasteiger partial charge in [0.1, 0.15) is 0 Å². The first-order valence-electron chi connectivity index (χ1n) is 9.15. The number of carbonyl (C=O) groups excluding carboxylic acids is 1. The van der Waals surface area contributed by atoms with E-state index in [4.69, 9.17) is 5.73 Å². The Labute approximate surface area is 155 Å². The van der Waals surface area contributed by atoms with Crippen molar-refractivity contribution in [1.82, 2.24) is 5.32 Å². The van der Waals surface area contributed by atoms with Crippen LogP contribution < -0.4 is 11.1 Å². The van der Waals surface area contributed by atoms with Crippen molar-refractivity contribution in [2.45, 2.75) is 32.2 Å². The Balaban J connectivity index is 1.81. The van der Waals surface area contributed by atoms with E-state index in [-0.39, 0.29) is 12.0 Å². The van der Waals surface area contributed by atoms with Crippen LogP contribution in [0, 0.1) is 5.92 Å². The van der Waals surface area contributed by atoms with Crippen molar-refractivity contribution >= 4 is 6.41 Å². The van der Waals surface area contributed by atoms with Crippen LogP contribution in [0.25, 0.3) is 11.1 Å². The molecule has 1 amide bonds. The van der Waals surface area contributed by atoms with E-state index >= 15 is 0 Å². The summed E-state index contributed by atoms with van der Waals surface area (Å²) < 4.78 is 0. The lowest BCUT2D eigenvalue weighted by molar-refractivity contribution is -0.109. The largest absolute Gasteiger partial charge is 0.332 e. The molecule has 0 spiro atoms. The van der Waals surface area contributed by atoms with Crippen molar-refractivity contribution in [1.29, 1.82) is 0 Å². The van der Waals surface area contributed by atoms with Crippen molar-refractivity contribution in [2.24, 2.45) is 11.7 Å². The van der Waals surface area contributed by atoms with Crippen molar-refractivity contribution in [2.75, 3.05) is 0 Å². The Morgan fingerprint density at radius 1 is 1.12 bits per heavy atom. The van der Waals surface area contributed by atoms with Gasteiger partial charge >= 0.3 is 0 Å². The lowest BCUT2D eigenvalue weighted by Crippen LogP contribution is -2.32. The van der Waals surface area contributed by atoms with E-state index in [1.54, 1.807) is 0 Å². The fourth-order valence-corrected chi connectivity index (χ4v) is 3.57. The zero-order valence-electron chi connectivity index (χ0n) is 15.2. The molecular formula is C23H26N2O. The van der Waals surface area contributed by atoms with E-state index < -0.39 is 0 Å². The number of nitrogens with two attached hydrogens (primary N) is 1.